The molecule has 0 aromatic heterocycles. The van der Waals surface area contributed by atoms with Gasteiger partial charge in [-0.25, -0.2) is 0 Å². The summed E-state index contributed by atoms with van der Waals surface area (Å²) in [6, 6.07) is 15.2. The Bertz CT molecular complexity index is 702. The maximum absolute atomic E-state index is 12.4. The number of benzene rings is 2. The van der Waals surface area contributed by atoms with E-state index in [4.69, 9.17) is 21.1 Å². The number of ether oxygens (including phenoxy) is 2. The van der Waals surface area contributed by atoms with Gasteiger partial charge < -0.3 is 14.4 Å². The number of carbonyl (C=O) groups excluding carboxylic acids is 1. The van der Waals surface area contributed by atoms with Crippen LogP contribution in [0, 0.1) is 6.92 Å². The number of hydrogen-bond donors (Lipinski definition) is 0. The van der Waals surface area contributed by atoms with Gasteiger partial charge in [0.1, 0.15) is 11.9 Å². The minimum atomic E-state index is -0.152. The molecular formula is C19H20ClNO3. The van der Waals surface area contributed by atoms with Gasteiger partial charge in [0.25, 0.3) is 5.91 Å². The number of halogens is 1. The van der Waals surface area contributed by atoms with Gasteiger partial charge in [0.05, 0.1) is 13.2 Å². The molecule has 0 N–H and O–H groups in total. The fourth-order valence-electron chi connectivity index (χ4n) is 2.66. The van der Waals surface area contributed by atoms with E-state index in [1.807, 2.05) is 55.5 Å². The van der Waals surface area contributed by atoms with Crippen LogP contribution in [0.4, 0.5) is 0 Å². The third-order valence-corrected chi connectivity index (χ3v) is 4.26. The van der Waals surface area contributed by atoms with Crippen LogP contribution in [0.5, 0.6) is 5.75 Å². The molecule has 126 valence electrons. The Morgan fingerprint density at radius 3 is 2.83 bits per heavy atom. The highest BCUT2D eigenvalue weighted by Gasteiger charge is 2.25. The normalized spacial score (nSPS) is 17.6. The van der Waals surface area contributed by atoms with Gasteiger partial charge >= 0.3 is 0 Å². The number of morpholine rings is 1. The minimum absolute atomic E-state index is 0.0331. The van der Waals surface area contributed by atoms with Crippen molar-refractivity contribution in [1.29, 1.82) is 0 Å². The van der Waals surface area contributed by atoms with Crippen LogP contribution in [-0.2, 0) is 9.53 Å². The van der Waals surface area contributed by atoms with Gasteiger partial charge in [-0.15, -0.1) is 0 Å². The lowest BCUT2D eigenvalue weighted by Gasteiger charge is -2.33. The Kier molecular flexibility index (Phi) is 5.38. The zero-order valence-electron chi connectivity index (χ0n) is 13.6. The maximum atomic E-state index is 12.4. The summed E-state index contributed by atoms with van der Waals surface area (Å²) in [7, 11) is 0. The van der Waals surface area contributed by atoms with E-state index in [1.165, 1.54) is 0 Å². The smallest absolute Gasteiger partial charge is 0.260 e. The SMILES string of the molecule is Cc1ccc(OCC(=O)N2CCOC(c3cccc(Cl)c3)C2)cc1. The highest BCUT2D eigenvalue weighted by molar-refractivity contribution is 6.30. The largest absolute Gasteiger partial charge is 0.484 e. The molecule has 1 aliphatic rings. The standard InChI is InChI=1S/C19H20ClNO3/c1-14-5-7-17(8-6-14)24-13-19(22)21-9-10-23-18(12-21)15-3-2-4-16(20)11-15/h2-8,11,18H,9-10,12-13H2,1H3. The second-order valence-electron chi connectivity index (χ2n) is 5.86. The van der Waals surface area contributed by atoms with E-state index in [2.05, 4.69) is 0 Å². The van der Waals surface area contributed by atoms with Gasteiger partial charge in [-0.2, -0.15) is 0 Å². The molecule has 1 unspecified atom stereocenters. The summed E-state index contributed by atoms with van der Waals surface area (Å²) in [6.45, 7) is 3.64. The zero-order chi connectivity index (χ0) is 16.9. The number of carbonyl (C=O) groups is 1. The van der Waals surface area contributed by atoms with Crippen molar-refractivity contribution in [3.63, 3.8) is 0 Å². The van der Waals surface area contributed by atoms with Crippen LogP contribution in [0.3, 0.4) is 0 Å². The zero-order valence-corrected chi connectivity index (χ0v) is 14.3. The lowest BCUT2D eigenvalue weighted by atomic mass is 10.1. The second-order valence-corrected chi connectivity index (χ2v) is 6.29. The Hall–Kier alpha value is -2.04. The molecule has 2 aromatic rings. The fraction of sp³-hybridized carbons (Fsp3) is 0.316. The van der Waals surface area contributed by atoms with Crippen molar-refractivity contribution in [1.82, 2.24) is 4.90 Å². The topological polar surface area (TPSA) is 38.8 Å². The van der Waals surface area contributed by atoms with Crippen LogP contribution in [0.2, 0.25) is 5.02 Å². The van der Waals surface area contributed by atoms with Crippen molar-refractivity contribution in [2.75, 3.05) is 26.3 Å². The average molecular weight is 346 g/mol. The van der Waals surface area contributed by atoms with Gasteiger partial charge in [-0.3, -0.25) is 4.79 Å². The Morgan fingerprint density at radius 2 is 2.08 bits per heavy atom. The fourth-order valence-corrected chi connectivity index (χ4v) is 2.85. The lowest BCUT2D eigenvalue weighted by molar-refractivity contribution is -0.141. The van der Waals surface area contributed by atoms with Crippen molar-refractivity contribution in [2.45, 2.75) is 13.0 Å². The highest BCUT2D eigenvalue weighted by atomic mass is 35.5. The molecule has 5 heteroatoms. The molecule has 1 fully saturated rings. The van der Waals surface area contributed by atoms with Gasteiger partial charge in [0.15, 0.2) is 6.61 Å². The van der Waals surface area contributed by atoms with Gasteiger partial charge in [-0.1, -0.05) is 41.4 Å². The van der Waals surface area contributed by atoms with Crippen molar-refractivity contribution >= 4 is 17.5 Å². The van der Waals surface area contributed by atoms with E-state index in [9.17, 15) is 4.79 Å². The van der Waals surface area contributed by atoms with Crippen molar-refractivity contribution in [2.24, 2.45) is 0 Å². The molecule has 1 atom stereocenters. The van der Waals surface area contributed by atoms with Crippen molar-refractivity contribution < 1.29 is 14.3 Å². The first-order chi connectivity index (χ1) is 11.6. The molecule has 0 radical (unpaired) electrons. The number of amides is 1. The molecular weight excluding hydrogens is 326 g/mol. The van der Waals surface area contributed by atoms with Gasteiger partial charge in [0.2, 0.25) is 0 Å². The molecule has 0 spiro atoms. The summed E-state index contributed by atoms with van der Waals surface area (Å²) >= 11 is 6.04. The van der Waals surface area contributed by atoms with Gasteiger partial charge in [0, 0.05) is 11.6 Å². The average Bonchev–Trinajstić information content (AvgIpc) is 2.61. The molecule has 0 saturated carbocycles. The minimum Gasteiger partial charge on any atom is -0.484 e. The van der Waals surface area contributed by atoms with Crippen LogP contribution >= 0.6 is 11.6 Å². The summed E-state index contributed by atoms with van der Waals surface area (Å²) < 4.78 is 11.4. The summed E-state index contributed by atoms with van der Waals surface area (Å²) in [6.07, 6.45) is -0.152. The first kappa shape index (κ1) is 16.8. The second kappa shape index (κ2) is 7.69. The molecule has 1 aliphatic heterocycles. The molecule has 1 saturated heterocycles. The first-order valence-corrected chi connectivity index (χ1v) is 8.34. The molecule has 1 amide bonds. The summed E-state index contributed by atoms with van der Waals surface area (Å²) in [4.78, 5) is 14.2. The molecule has 0 aliphatic carbocycles. The molecule has 3 rings (SSSR count). The number of hydrogen-bond acceptors (Lipinski definition) is 3. The quantitative estimate of drug-likeness (QED) is 0.849. The molecule has 2 aromatic carbocycles. The van der Waals surface area contributed by atoms with E-state index < -0.39 is 0 Å². The first-order valence-electron chi connectivity index (χ1n) is 7.96. The molecule has 0 bridgehead atoms. The van der Waals surface area contributed by atoms with E-state index in [0.29, 0.717) is 30.5 Å². The predicted octanol–water partition coefficient (Wildman–Crippen LogP) is 3.63. The highest BCUT2D eigenvalue weighted by Crippen LogP contribution is 2.24. The van der Waals surface area contributed by atoms with E-state index in [-0.39, 0.29) is 18.6 Å². The van der Waals surface area contributed by atoms with Crippen LogP contribution in [0.25, 0.3) is 0 Å². The summed E-state index contributed by atoms with van der Waals surface area (Å²) in [5.74, 6) is 0.666. The molecule has 24 heavy (non-hydrogen) atoms. The van der Waals surface area contributed by atoms with Gasteiger partial charge in [-0.05, 0) is 36.8 Å². The third-order valence-electron chi connectivity index (χ3n) is 4.02. The summed E-state index contributed by atoms with van der Waals surface area (Å²) in [5.41, 5.74) is 2.14. The Labute approximate surface area is 146 Å². The maximum Gasteiger partial charge on any atom is 0.260 e. The van der Waals surface area contributed by atoms with E-state index in [0.717, 1.165) is 11.1 Å². The van der Waals surface area contributed by atoms with Crippen LogP contribution in [0.1, 0.15) is 17.2 Å². The van der Waals surface area contributed by atoms with Crippen LogP contribution in [-0.4, -0.2) is 37.1 Å². The van der Waals surface area contributed by atoms with E-state index in [1.54, 1.807) is 4.90 Å². The monoisotopic (exact) mass is 345 g/mol. The third kappa shape index (κ3) is 4.28. The Morgan fingerprint density at radius 1 is 1.29 bits per heavy atom. The molecule has 1 heterocycles. The number of aryl methyl sites for hydroxylation is 1. The van der Waals surface area contributed by atoms with E-state index >= 15 is 0 Å². The number of rotatable bonds is 4. The van der Waals surface area contributed by atoms with Crippen molar-refractivity contribution in [3.05, 3.63) is 64.7 Å². The van der Waals surface area contributed by atoms with Crippen LogP contribution in [0.15, 0.2) is 48.5 Å². The molecule has 4 nitrogen and oxygen atoms in total. The Balaban J connectivity index is 1.57. The lowest BCUT2D eigenvalue weighted by Crippen LogP contribution is -2.44. The van der Waals surface area contributed by atoms with Crippen molar-refractivity contribution in [3.8, 4) is 5.75 Å². The van der Waals surface area contributed by atoms with Crippen LogP contribution < -0.4 is 4.74 Å². The predicted molar refractivity (Wildman–Crippen MR) is 93.4 cm³/mol. The summed E-state index contributed by atoms with van der Waals surface area (Å²) in [5, 5.41) is 0.669. The number of nitrogens with zero attached hydrogens (tertiary/aromatic N) is 1.